The van der Waals surface area contributed by atoms with E-state index in [1.54, 1.807) is 0 Å². The van der Waals surface area contributed by atoms with Crippen molar-refractivity contribution in [2.75, 3.05) is 25.0 Å². The number of urea groups is 1. The highest BCUT2D eigenvalue weighted by Crippen LogP contribution is 2.24. The summed E-state index contributed by atoms with van der Waals surface area (Å²) in [6, 6.07) is 5.97. The molecule has 0 bridgehead atoms. The van der Waals surface area contributed by atoms with E-state index in [4.69, 9.17) is 0 Å². The fourth-order valence-electron chi connectivity index (χ4n) is 3.24. The van der Waals surface area contributed by atoms with Crippen molar-refractivity contribution in [3.8, 4) is 0 Å². The van der Waals surface area contributed by atoms with E-state index >= 15 is 0 Å². The molecule has 5 heteroatoms. The van der Waals surface area contributed by atoms with E-state index in [2.05, 4.69) is 22.8 Å². The van der Waals surface area contributed by atoms with Gasteiger partial charge in [-0.3, -0.25) is 4.79 Å². The minimum Gasteiger partial charge on any atom is -0.343 e. The molecule has 0 aromatic heterocycles. The first-order valence-electron chi connectivity index (χ1n) is 8.17. The van der Waals surface area contributed by atoms with Crippen molar-refractivity contribution in [3.05, 3.63) is 29.3 Å². The van der Waals surface area contributed by atoms with Crippen LogP contribution < -0.4 is 10.6 Å². The molecule has 1 aromatic rings. The van der Waals surface area contributed by atoms with Gasteiger partial charge in [0.15, 0.2) is 0 Å². The van der Waals surface area contributed by atoms with Crippen molar-refractivity contribution in [1.29, 1.82) is 0 Å². The molecule has 3 rings (SSSR count). The Morgan fingerprint density at radius 2 is 2.00 bits per heavy atom. The standard InChI is InChI=1S/C17H23N3O2/c21-16-6-2-10-20(16)11-3-9-18-17(22)19-15-8-7-13-4-1-5-14(13)12-15/h7-8,12H,1-6,9-11H2,(H2,18,19,22). The number of likely N-dealkylation sites (tertiary alicyclic amines) is 1. The summed E-state index contributed by atoms with van der Waals surface area (Å²) in [6.07, 6.45) is 5.90. The van der Waals surface area contributed by atoms with Crippen LogP contribution in [0.5, 0.6) is 0 Å². The number of benzene rings is 1. The fraction of sp³-hybridized carbons (Fsp3) is 0.529. The number of hydrogen-bond acceptors (Lipinski definition) is 2. The minimum atomic E-state index is -0.175. The smallest absolute Gasteiger partial charge is 0.319 e. The first-order valence-corrected chi connectivity index (χ1v) is 8.17. The van der Waals surface area contributed by atoms with E-state index in [1.165, 1.54) is 17.5 Å². The molecule has 0 spiro atoms. The third-order valence-electron chi connectivity index (χ3n) is 4.42. The highest BCUT2D eigenvalue weighted by atomic mass is 16.2. The number of nitrogens with zero attached hydrogens (tertiary/aromatic N) is 1. The van der Waals surface area contributed by atoms with Crippen LogP contribution in [-0.2, 0) is 17.6 Å². The highest BCUT2D eigenvalue weighted by Gasteiger charge is 2.19. The van der Waals surface area contributed by atoms with Crippen LogP contribution in [0.15, 0.2) is 18.2 Å². The predicted molar refractivity (Wildman–Crippen MR) is 85.9 cm³/mol. The average Bonchev–Trinajstić information content (AvgIpc) is 3.12. The molecule has 1 aromatic carbocycles. The van der Waals surface area contributed by atoms with Gasteiger partial charge in [-0.1, -0.05) is 6.07 Å². The molecule has 1 fully saturated rings. The van der Waals surface area contributed by atoms with Gasteiger partial charge in [0.2, 0.25) is 5.91 Å². The van der Waals surface area contributed by atoms with Gasteiger partial charge in [-0.25, -0.2) is 4.79 Å². The van der Waals surface area contributed by atoms with Crippen LogP contribution in [-0.4, -0.2) is 36.5 Å². The predicted octanol–water partition coefficient (Wildman–Crippen LogP) is 2.31. The summed E-state index contributed by atoms with van der Waals surface area (Å²) in [5, 5.41) is 5.73. The Morgan fingerprint density at radius 3 is 2.82 bits per heavy atom. The summed E-state index contributed by atoms with van der Waals surface area (Å²) in [4.78, 5) is 25.2. The molecule has 0 unspecified atom stereocenters. The van der Waals surface area contributed by atoms with Gasteiger partial charge in [0.25, 0.3) is 0 Å². The van der Waals surface area contributed by atoms with Gasteiger partial charge in [-0.2, -0.15) is 0 Å². The second-order valence-electron chi connectivity index (χ2n) is 6.06. The van der Waals surface area contributed by atoms with Crippen molar-refractivity contribution >= 4 is 17.6 Å². The Morgan fingerprint density at radius 1 is 1.14 bits per heavy atom. The van der Waals surface area contributed by atoms with Crippen LogP contribution in [0.2, 0.25) is 0 Å². The minimum absolute atomic E-state index is 0.175. The molecule has 0 saturated carbocycles. The summed E-state index contributed by atoms with van der Waals surface area (Å²) in [7, 11) is 0. The van der Waals surface area contributed by atoms with Crippen LogP contribution in [0, 0.1) is 0 Å². The van der Waals surface area contributed by atoms with Crippen molar-refractivity contribution < 1.29 is 9.59 Å². The van der Waals surface area contributed by atoms with E-state index in [-0.39, 0.29) is 11.9 Å². The lowest BCUT2D eigenvalue weighted by molar-refractivity contribution is -0.127. The molecule has 1 aliphatic heterocycles. The summed E-state index contributed by atoms with van der Waals surface area (Å²) in [5.74, 6) is 0.239. The zero-order valence-corrected chi connectivity index (χ0v) is 12.9. The van der Waals surface area contributed by atoms with Crippen LogP contribution in [0.4, 0.5) is 10.5 Å². The largest absolute Gasteiger partial charge is 0.343 e. The van der Waals surface area contributed by atoms with Crippen molar-refractivity contribution in [2.24, 2.45) is 0 Å². The molecule has 5 nitrogen and oxygen atoms in total. The quantitative estimate of drug-likeness (QED) is 0.820. The average molecular weight is 301 g/mol. The lowest BCUT2D eigenvalue weighted by atomic mass is 10.1. The molecule has 1 saturated heterocycles. The van der Waals surface area contributed by atoms with Crippen molar-refractivity contribution in [1.82, 2.24) is 10.2 Å². The number of fused-ring (bicyclic) bond motifs is 1. The molecule has 1 heterocycles. The van der Waals surface area contributed by atoms with E-state index in [0.29, 0.717) is 13.0 Å². The second-order valence-corrected chi connectivity index (χ2v) is 6.06. The number of nitrogens with one attached hydrogen (secondary N) is 2. The lowest BCUT2D eigenvalue weighted by Crippen LogP contribution is -2.33. The summed E-state index contributed by atoms with van der Waals surface area (Å²) in [6.45, 7) is 2.18. The SMILES string of the molecule is O=C(NCCCN1CCCC1=O)Nc1ccc2c(c1)CCC2. The third kappa shape index (κ3) is 3.59. The Hall–Kier alpha value is -2.04. The Balaban J connectivity index is 1.38. The maximum Gasteiger partial charge on any atom is 0.319 e. The van der Waals surface area contributed by atoms with Crippen LogP contribution in [0.25, 0.3) is 0 Å². The topological polar surface area (TPSA) is 61.4 Å². The van der Waals surface area contributed by atoms with Crippen molar-refractivity contribution in [2.45, 2.75) is 38.5 Å². The Bertz CT molecular complexity index is 571. The fourth-order valence-corrected chi connectivity index (χ4v) is 3.24. The maximum absolute atomic E-state index is 11.9. The highest BCUT2D eigenvalue weighted by molar-refractivity contribution is 5.89. The zero-order valence-electron chi connectivity index (χ0n) is 12.9. The van der Waals surface area contributed by atoms with E-state index < -0.39 is 0 Å². The molecule has 1 aliphatic carbocycles. The molecular formula is C17H23N3O2. The number of carbonyl (C=O) groups excluding carboxylic acids is 2. The van der Waals surface area contributed by atoms with Gasteiger partial charge in [0, 0.05) is 31.7 Å². The first-order chi connectivity index (χ1) is 10.7. The van der Waals surface area contributed by atoms with Gasteiger partial charge < -0.3 is 15.5 Å². The number of carbonyl (C=O) groups is 2. The number of aryl methyl sites for hydroxylation is 2. The summed E-state index contributed by atoms with van der Waals surface area (Å²) in [5.41, 5.74) is 3.61. The van der Waals surface area contributed by atoms with Crippen LogP contribution in [0.3, 0.4) is 0 Å². The molecule has 2 N–H and O–H groups in total. The van der Waals surface area contributed by atoms with Gasteiger partial charge >= 0.3 is 6.03 Å². The van der Waals surface area contributed by atoms with E-state index in [0.717, 1.165) is 44.5 Å². The normalized spacial score (nSPS) is 16.7. The second kappa shape index (κ2) is 6.81. The number of anilines is 1. The van der Waals surface area contributed by atoms with Gasteiger partial charge in [0.05, 0.1) is 0 Å². The number of amides is 3. The zero-order chi connectivity index (χ0) is 15.4. The van der Waals surface area contributed by atoms with Crippen molar-refractivity contribution in [3.63, 3.8) is 0 Å². The summed E-state index contributed by atoms with van der Waals surface area (Å²) >= 11 is 0. The molecule has 0 radical (unpaired) electrons. The molecular weight excluding hydrogens is 278 g/mol. The number of rotatable bonds is 5. The lowest BCUT2D eigenvalue weighted by Gasteiger charge is -2.15. The van der Waals surface area contributed by atoms with Gasteiger partial charge in [0.1, 0.15) is 0 Å². The van der Waals surface area contributed by atoms with Gasteiger partial charge in [-0.05, 0) is 55.4 Å². The number of hydrogen-bond donors (Lipinski definition) is 2. The molecule has 0 atom stereocenters. The Kier molecular flexibility index (Phi) is 4.61. The van der Waals surface area contributed by atoms with Gasteiger partial charge in [-0.15, -0.1) is 0 Å². The third-order valence-corrected chi connectivity index (χ3v) is 4.42. The Labute approximate surface area is 131 Å². The first kappa shape index (κ1) is 14.9. The molecule has 22 heavy (non-hydrogen) atoms. The monoisotopic (exact) mass is 301 g/mol. The van der Waals surface area contributed by atoms with Crippen LogP contribution >= 0.6 is 0 Å². The van der Waals surface area contributed by atoms with Crippen LogP contribution in [0.1, 0.15) is 36.8 Å². The molecule has 2 aliphatic rings. The summed E-state index contributed by atoms with van der Waals surface area (Å²) < 4.78 is 0. The van der Waals surface area contributed by atoms with E-state index in [9.17, 15) is 9.59 Å². The molecule has 118 valence electrons. The maximum atomic E-state index is 11.9. The molecule has 3 amide bonds. The van der Waals surface area contributed by atoms with E-state index in [1.807, 2.05) is 11.0 Å².